The number of nitrogens with two attached hydrogens (primary N) is 1. The number of hydrogen-bond acceptors (Lipinski definition) is 3. The molecule has 110 valence electrons. The molecule has 0 bridgehead atoms. The standard InChI is InChI=1S/C13H17F3N4/c1-7-5-8(2)19-12(10(7)11(17)18)20(9-3-4-9)6-13(14,15)16/h5,9H,3-4,6H2,1-2H3,(H3,17,18). The fourth-order valence-corrected chi connectivity index (χ4v) is 2.31. The van der Waals surface area contributed by atoms with Gasteiger partial charge in [-0.1, -0.05) is 0 Å². The predicted molar refractivity (Wildman–Crippen MR) is 71.2 cm³/mol. The monoisotopic (exact) mass is 286 g/mol. The number of aromatic nitrogens is 1. The molecule has 1 aromatic heterocycles. The maximum atomic E-state index is 12.8. The summed E-state index contributed by atoms with van der Waals surface area (Å²) in [7, 11) is 0. The number of amidine groups is 1. The molecule has 0 saturated heterocycles. The molecule has 0 atom stereocenters. The summed E-state index contributed by atoms with van der Waals surface area (Å²) < 4.78 is 38.3. The van der Waals surface area contributed by atoms with E-state index in [9.17, 15) is 13.2 Å². The molecule has 0 aliphatic heterocycles. The first kappa shape index (κ1) is 14.6. The number of hydrogen-bond donors (Lipinski definition) is 2. The van der Waals surface area contributed by atoms with Crippen LogP contribution in [0.15, 0.2) is 6.07 Å². The lowest BCUT2D eigenvalue weighted by Gasteiger charge is -2.27. The van der Waals surface area contributed by atoms with E-state index in [0.717, 1.165) is 0 Å². The van der Waals surface area contributed by atoms with Crippen molar-refractivity contribution in [3.8, 4) is 0 Å². The van der Waals surface area contributed by atoms with Crippen LogP contribution in [0, 0.1) is 19.3 Å². The van der Waals surface area contributed by atoms with Crippen molar-refractivity contribution in [1.29, 1.82) is 5.41 Å². The van der Waals surface area contributed by atoms with Gasteiger partial charge in [-0.15, -0.1) is 0 Å². The molecular weight excluding hydrogens is 269 g/mol. The van der Waals surface area contributed by atoms with Gasteiger partial charge in [0.1, 0.15) is 18.2 Å². The van der Waals surface area contributed by atoms with E-state index >= 15 is 0 Å². The van der Waals surface area contributed by atoms with Gasteiger partial charge in [0, 0.05) is 11.7 Å². The Kier molecular flexibility index (Phi) is 3.62. The largest absolute Gasteiger partial charge is 0.405 e. The van der Waals surface area contributed by atoms with Crippen LogP contribution in [0.1, 0.15) is 29.7 Å². The second-order valence-corrected chi connectivity index (χ2v) is 5.17. The van der Waals surface area contributed by atoms with Gasteiger partial charge >= 0.3 is 6.18 Å². The maximum absolute atomic E-state index is 12.8. The maximum Gasteiger partial charge on any atom is 0.405 e. The van der Waals surface area contributed by atoms with Gasteiger partial charge in [0.2, 0.25) is 0 Å². The average molecular weight is 286 g/mol. The minimum atomic E-state index is -4.31. The van der Waals surface area contributed by atoms with E-state index in [0.29, 0.717) is 29.7 Å². The number of pyridine rings is 1. The first-order chi connectivity index (χ1) is 9.19. The highest BCUT2D eigenvalue weighted by atomic mass is 19.4. The number of halogens is 3. The van der Waals surface area contributed by atoms with Gasteiger partial charge in [0.15, 0.2) is 0 Å². The first-order valence-electron chi connectivity index (χ1n) is 6.35. The van der Waals surface area contributed by atoms with Crippen LogP contribution in [0.25, 0.3) is 0 Å². The summed E-state index contributed by atoms with van der Waals surface area (Å²) >= 11 is 0. The number of anilines is 1. The second kappa shape index (κ2) is 4.96. The van der Waals surface area contributed by atoms with Crippen LogP contribution in [0.4, 0.5) is 19.0 Å². The van der Waals surface area contributed by atoms with E-state index in [2.05, 4.69) is 4.98 Å². The van der Waals surface area contributed by atoms with Crippen molar-refractivity contribution in [2.45, 2.75) is 38.9 Å². The zero-order valence-electron chi connectivity index (χ0n) is 11.4. The molecule has 1 aliphatic rings. The van der Waals surface area contributed by atoms with E-state index in [1.165, 1.54) is 4.90 Å². The topological polar surface area (TPSA) is 66.0 Å². The Morgan fingerprint density at radius 2 is 2.05 bits per heavy atom. The predicted octanol–water partition coefficient (Wildman–Crippen LogP) is 2.51. The number of aryl methyl sites for hydroxylation is 2. The quantitative estimate of drug-likeness (QED) is 0.660. The molecule has 7 heteroatoms. The number of nitrogens with one attached hydrogen (secondary N) is 1. The highest BCUT2D eigenvalue weighted by Crippen LogP contribution is 2.35. The van der Waals surface area contributed by atoms with Crippen molar-refractivity contribution in [3.05, 3.63) is 22.9 Å². The molecule has 0 unspecified atom stereocenters. The summed E-state index contributed by atoms with van der Waals surface area (Å²) in [6.07, 6.45) is -2.89. The molecule has 4 nitrogen and oxygen atoms in total. The first-order valence-corrected chi connectivity index (χ1v) is 6.35. The summed E-state index contributed by atoms with van der Waals surface area (Å²) in [5.74, 6) is -0.0763. The van der Waals surface area contributed by atoms with Gasteiger partial charge in [0.25, 0.3) is 0 Å². The Labute approximate surface area is 115 Å². The zero-order valence-corrected chi connectivity index (χ0v) is 11.4. The third-order valence-corrected chi connectivity index (χ3v) is 3.20. The minimum Gasteiger partial charge on any atom is -0.384 e. The van der Waals surface area contributed by atoms with Gasteiger partial charge < -0.3 is 10.6 Å². The molecule has 0 radical (unpaired) electrons. The van der Waals surface area contributed by atoms with Gasteiger partial charge in [-0.2, -0.15) is 13.2 Å². The Balaban J connectivity index is 2.49. The van der Waals surface area contributed by atoms with E-state index in [1.807, 2.05) is 0 Å². The van der Waals surface area contributed by atoms with Gasteiger partial charge in [-0.25, -0.2) is 4.98 Å². The third-order valence-electron chi connectivity index (χ3n) is 3.20. The van der Waals surface area contributed by atoms with Crippen LogP contribution >= 0.6 is 0 Å². The van der Waals surface area contributed by atoms with E-state index in [4.69, 9.17) is 11.1 Å². The zero-order chi connectivity index (χ0) is 15.1. The molecule has 1 fully saturated rings. The third kappa shape index (κ3) is 3.20. The van der Waals surface area contributed by atoms with Crippen molar-refractivity contribution in [2.24, 2.45) is 5.73 Å². The van der Waals surface area contributed by atoms with E-state index in [1.54, 1.807) is 19.9 Å². The number of alkyl halides is 3. The van der Waals surface area contributed by atoms with Crippen molar-refractivity contribution >= 4 is 11.7 Å². The molecule has 0 amide bonds. The molecule has 1 heterocycles. The Hall–Kier alpha value is -1.79. The lowest BCUT2D eigenvalue weighted by atomic mass is 10.1. The normalized spacial score (nSPS) is 15.2. The SMILES string of the molecule is Cc1cc(C)c(C(=N)N)c(N(CC(F)(F)F)C2CC2)n1. The highest BCUT2D eigenvalue weighted by Gasteiger charge is 2.40. The van der Waals surface area contributed by atoms with Crippen molar-refractivity contribution < 1.29 is 13.2 Å². The fourth-order valence-electron chi connectivity index (χ4n) is 2.31. The Bertz CT molecular complexity index is 535. The molecular formula is C13H17F3N4. The minimum absolute atomic E-state index is 0.163. The van der Waals surface area contributed by atoms with Crippen LogP contribution in [-0.4, -0.2) is 29.6 Å². The lowest BCUT2D eigenvalue weighted by Crippen LogP contribution is -2.38. The lowest BCUT2D eigenvalue weighted by molar-refractivity contribution is -0.120. The summed E-state index contributed by atoms with van der Waals surface area (Å²) in [6, 6.07) is 1.56. The van der Waals surface area contributed by atoms with Gasteiger partial charge in [0.05, 0.1) is 5.56 Å². The fraction of sp³-hybridized carbons (Fsp3) is 0.538. The van der Waals surface area contributed by atoms with Crippen LogP contribution in [0.3, 0.4) is 0 Å². The smallest absolute Gasteiger partial charge is 0.384 e. The van der Waals surface area contributed by atoms with Gasteiger partial charge in [-0.3, -0.25) is 5.41 Å². The number of nitrogens with zero attached hydrogens (tertiary/aromatic N) is 2. The summed E-state index contributed by atoms with van der Waals surface area (Å²) in [5.41, 5.74) is 7.12. The molecule has 20 heavy (non-hydrogen) atoms. The molecule has 1 saturated carbocycles. The van der Waals surface area contributed by atoms with Crippen molar-refractivity contribution in [2.75, 3.05) is 11.4 Å². The number of nitrogen functional groups attached to an aromatic ring is 1. The van der Waals surface area contributed by atoms with E-state index in [-0.39, 0.29) is 17.7 Å². The molecule has 2 rings (SSSR count). The Morgan fingerprint density at radius 1 is 1.45 bits per heavy atom. The molecule has 0 spiro atoms. The molecule has 3 N–H and O–H groups in total. The van der Waals surface area contributed by atoms with Crippen molar-refractivity contribution in [1.82, 2.24) is 4.98 Å². The summed E-state index contributed by atoms with van der Waals surface area (Å²) in [5, 5.41) is 7.60. The molecule has 1 aromatic rings. The summed E-state index contributed by atoms with van der Waals surface area (Å²) in [6.45, 7) is 2.39. The number of rotatable bonds is 4. The van der Waals surface area contributed by atoms with Crippen LogP contribution in [0.2, 0.25) is 0 Å². The highest BCUT2D eigenvalue weighted by molar-refractivity contribution is 6.01. The second-order valence-electron chi connectivity index (χ2n) is 5.17. The van der Waals surface area contributed by atoms with E-state index < -0.39 is 12.7 Å². The van der Waals surface area contributed by atoms with Crippen LogP contribution in [0.5, 0.6) is 0 Å². The Morgan fingerprint density at radius 3 is 2.50 bits per heavy atom. The molecule has 1 aliphatic carbocycles. The van der Waals surface area contributed by atoms with Crippen LogP contribution < -0.4 is 10.6 Å². The average Bonchev–Trinajstić information content (AvgIpc) is 3.06. The van der Waals surface area contributed by atoms with Gasteiger partial charge in [-0.05, 0) is 38.3 Å². The van der Waals surface area contributed by atoms with Crippen LogP contribution in [-0.2, 0) is 0 Å². The van der Waals surface area contributed by atoms with Crippen molar-refractivity contribution in [3.63, 3.8) is 0 Å². The summed E-state index contributed by atoms with van der Waals surface area (Å²) in [4.78, 5) is 5.44. The molecule has 0 aromatic carbocycles.